The van der Waals surface area contributed by atoms with E-state index in [1.54, 1.807) is 6.92 Å². The predicted molar refractivity (Wildman–Crippen MR) is 115 cm³/mol. The number of esters is 1. The number of nitrogens with zero attached hydrogens (tertiary/aromatic N) is 3. The molecule has 6 heteroatoms. The second kappa shape index (κ2) is 9.02. The van der Waals surface area contributed by atoms with Crippen molar-refractivity contribution in [3.8, 4) is 6.07 Å². The summed E-state index contributed by atoms with van der Waals surface area (Å²) < 4.78 is 11.1. The van der Waals surface area contributed by atoms with Crippen molar-refractivity contribution in [1.82, 2.24) is 4.90 Å². The summed E-state index contributed by atoms with van der Waals surface area (Å²) in [5.41, 5.74) is 3.42. The van der Waals surface area contributed by atoms with Crippen LogP contribution in [0.15, 0.2) is 52.9 Å². The molecule has 1 saturated heterocycles. The quantitative estimate of drug-likeness (QED) is 0.595. The van der Waals surface area contributed by atoms with Crippen LogP contribution in [0.4, 0.5) is 5.69 Å². The molecule has 0 saturated carbocycles. The molecule has 6 nitrogen and oxygen atoms in total. The van der Waals surface area contributed by atoms with E-state index in [0.29, 0.717) is 30.1 Å². The van der Waals surface area contributed by atoms with Crippen molar-refractivity contribution >= 4 is 22.6 Å². The summed E-state index contributed by atoms with van der Waals surface area (Å²) in [7, 11) is 0. The second-order valence-electron chi connectivity index (χ2n) is 7.40. The van der Waals surface area contributed by atoms with Crippen LogP contribution in [-0.2, 0) is 11.3 Å². The van der Waals surface area contributed by atoms with E-state index >= 15 is 0 Å². The Hall–Kier alpha value is -3.30. The summed E-state index contributed by atoms with van der Waals surface area (Å²) in [5, 5.41) is 9.97. The highest BCUT2D eigenvalue weighted by molar-refractivity contribution is 5.96. The third kappa shape index (κ3) is 4.17. The van der Waals surface area contributed by atoms with E-state index in [1.165, 1.54) is 0 Å². The number of ether oxygens (including phenoxy) is 1. The molecule has 2 aromatic carbocycles. The van der Waals surface area contributed by atoms with Crippen LogP contribution in [0.25, 0.3) is 11.0 Å². The fourth-order valence-corrected chi connectivity index (χ4v) is 3.97. The van der Waals surface area contributed by atoms with Crippen molar-refractivity contribution in [2.24, 2.45) is 0 Å². The average molecular weight is 403 g/mol. The number of benzene rings is 2. The predicted octanol–water partition coefficient (Wildman–Crippen LogP) is 4.19. The van der Waals surface area contributed by atoms with Gasteiger partial charge in [0.05, 0.1) is 18.2 Å². The van der Waals surface area contributed by atoms with Gasteiger partial charge in [-0.25, -0.2) is 4.79 Å². The van der Waals surface area contributed by atoms with Crippen LogP contribution in [0.3, 0.4) is 0 Å². The molecule has 154 valence electrons. The number of fused-ring (bicyclic) bond motifs is 1. The Morgan fingerprint density at radius 1 is 1.10 bits per heavy atom. The molecule has 1 aliphatic heterocycles. The Balaban J connectivity index is 1.52. The summed E-state index contributed by atoms with van der Waals surface area (Å²) in [6.07, 6.45) is 1.02. The SMILES string of the molecule is CCOC(=O)c1oc2ccccc2c1CN1CCCN(c2ccc(C#N)cc2)CC1. The van der Waals surface area contributed by atoms with E-state index in [-0.39, 0.29) is 0 Å². The van der Waals surface area contributed by atoms with Crippen LogP contribution in [0.1, 0.15) is 35.0 Å². The third-order valence-electron chi connectivity index (χ3n) is 5.49. The summed E-state index contributed by atoms with van der Waals surface area (Å²) >= 11 is 0. The number of carbonyl (C=O) groups is 1. The number of nitriles is 1. The van der Waals surface area contributed by atoms with Crippen LogP contribution in [0.2, 0.25) is 0 Å². The lowest BCUT2D eigenvalue weighted by Crippen LogP contribution is -2.30. The Kier molecular flexibility index (Phi) is 6.01. The Bertz CT molecular complexity index is 1070. The van der Waals surface area contributed by atoms with Crippen LogP contribution in [0.5, 0.6) is 0 Å². The van der Waals surface area contributed by atoms with Crippen molar-refractivity contribution < 1.29 is 13.9 Å². The normalized spacial score (nSPS) is 15.0. The highest BCUT2D eigenvalue weighted by Crippen LogP contribution is 2.28. The van der Waals surface area contributed by atoms with E-state index in [0.717, 1.165) is 49.2 Å². The monoisotopic (exact) mass is 403 g/mol. The molecule has 4 rings (SSSR count). The first-order valence-electron chi connectivity index (χ1n) is 10.3. The summed E-state index contributed by atoms with van der Waals surface area (Å²) in [4.78, 5) is 17.2. The maximum atomic E-state index is 12.5. The highest BCUT2D eigenvalue weighted by Gasteiger charge is 2.24. The standard InChI is InChI=1S/C24H25N3O3/c1-2-29-24(28)23-21(20-6-3-4-7-22(20)30-23)17-26-12-5-13-27(15-14-26)19-10-8-18(16-25)9-11-19/h3-4,6-11H,2,5,12-15,17H2,1H3. The Morgan fingerprint density at radius 3 is 2.67 bits per heavy atom. The minimum atomic E-state index is -0.405. The molecule has 0 aliphatic carbocycles. The van der Waals surface area contributed by atoms with E-state index in [9.17, 15) is 4.79 Å². The van der Waals surface area contributed by atoms with Gasteiger partial charge in [0, 0.05) is 49.4 Å². The van der Waals surface area contributed by atoms with Crippen LogP contribution in [-0.4, -0.2) is 43.7 Å². The van der Waals surface area contributed by atoms with E-state index in [1.807, 2.05) is 48.5 Å². The van der Waals surface area contributed by atoms with Gasteiger partial charge >= 0.3 is 5.97 Å². The van der Waals surface area contributed by atoms with Crippen molar-refractivity contribution in [3.63, 3.8) is 0 Å². The van der Waals surface area contributed by atoms with Gasteiger partial charge in [-0.3, -0.25) is 4.90 Å². The lowest BCUT2D eigenvalue weighted by atomic mass is 10.1. The number of carbonyl (C=O) groups excluding carboxylic acids is 1. The molecule has 0 bridgehead atoms. The van der Waals surface area contributed by atoms with E-state index in [4.69, 9.17) is 14.4 Å². The maximum Gasteiger partial charge on any atom is 0.374 e. The molecule has 0 N–H and O–H groups in total. The molecule has 0 spiro atoms. The second-order valence-corrected chi connectivity index (χ2v) is 7.40. The van der Waals surface area contributed by atoms with Gasteiger partial charge in [-0.15, -0.1) is 0 Å². The van der Waals surface area contributed by atoms with Gasteiger partial charge in [-0.2, -0.15) is 5.26 Å². The number of rotatable bonds is 5. The molecule has 2 heterocycles. The van der Waals surface area contributed by atoms with E-state index < -0.39 is 5.97 Å². The largest absolute Gasteiger partial charge is 0.460 e. The third-order valence-corrected chi connectivity index (χ3v) is 5.49. The smallest absolute Gasteiger partial charge is 0.374 e. The van der Waals surface area contributed by atoms with Gasteiger partial charge in [-0.05, 0) is 43.7 Å². The maximum absolute atomic E-state index is 12.5. The van der Waals surface area contributed by atoms with Crippen LogP contribution in [0, 0.1) is 11.3 Å². The first-order valence-corrected chi connectivity index (χ1v) is 10.3. The van der Waals surface area contributed by atoms with Gasteiger partial charge in [0.15, 0.2) is 0 Å². The molecule has 1 fully saturated rings. The lowest BCUT2D eigenvalue weighted by molar-refractivity contribution is 0.0489. The fourth-order valence-electron chi connectivity index (χ4n) is 3.97. The fraction of sp³-hybridized carbons (Fsp3) is 0.333. The first kappa shape index (κ1) is 20.0. The Labute approximate surface area is 176 Å². The van der Waals surface area contributed by atoms with Gasteiger partial charge in [-0.1, -0.05) is 18.2 Å². The molecule has 3 aromatic rings. The van der Waals surface area contributed by atoms with Gasteiger partial charge in [0.1, 0.15) is 5.58 Å². The Morgan fingerprint density at radius 2 is 1.90 bits per heavy atom. The minimum Gasteiger partial charge on any atom is -0.460 e. The summed E-state index contributed by atoms with van der Waals surface area (Å²) in [5.74, 6) is -0.0935. The summed E-state index contributed by atoms with van der Waals surface area (Å²) in [6.45, 7) is 6.42. The number of hydrogen-bond acceptors (Lipinski definition) is 6. The van der Waals surface area contributed by atoms with Crippen molar-refractivity contribution in [1.29, 1.82) is 5.26 Å². The number of hydrogen-bond donors (Lipinski definition) is 0. The number of para-hydroxylation sites is 1. The molecule has 1 aromatic heterocycles. The summed E-state index contributed by atoms with van der Waals surface area (Å²) in [6, 6.07) is 17.7. The number of anilines is 1. The highest BCUT2D eigenvalue weighted by atomic mass is 16.5. The van der Waals surface area contributed by atoms with Crippen LogP contribution >= 0.6 is 0 Å². The van der Waals surface area contributed by atoms with Gasteiger partial charge in [0.25, 0.3) is 0 Å². The minimum absolute atomic E-state index is 0.311. The molecule has 1 aliphatic rings. The molecule has 0 radical (unpaired) electrons. The topological polar surface area (TPSA) is 69.7 Å². The molecule has 0 atom stereocenters. The molecule has 0 unspecified atom stereocenters. The molecule has 30 heavy (non-hydrogen) atoms. The first-order chi connectivity index (χ1) is 14.7. The van der Waals surface area contributed by atoms with E-state index in [2.05, 4.69) is 15.9 Å². The zero-order valence-electron chi connectivity index (χ0n) is 17.1. The van der Waals surface area contributed by atoms with Gasteiger partial charge in [0.2, 0.25) is 5.76 Å². The van der Waals surface area contributed by atoms with Crippen molar-refractivity contribution in [3.05, 3.63) is 65.4 Å². The zero-order valence-corrected chi connectivity index (χ0v) is 17.1. The van der Waals surface area contributed by atoms with Gasteiger partial charge < -0.3 is 14.1 Å². The zero-order chi connectivity index (χ0) is 20.9. The molecule has 0 amide bonds. The molecular weight excluding hydrogens is 378 g/mol. The van der Waals surface area contributed by atoms with Crippen molar-refractivity contribution in [2.75, 3.05) is 37.7 Å². The number of furan rings is 1. The lowest BCUT2D eigenvalue weighted by Gasteiger charge is -2.23. The average Bonchev–Trinajstić information content (AvgIpc) is 2.97. The molecular formula is C24H25N3O3. The van der Waals surface area contributed by atoms with Crippen LogP contribution < -0.4 is 4.90 Å². The van der Waals surface area contributed by atoms with Crippen molar-refractivity contribution in [2.45, 2.75) is 19.9 Å².